The Morgan fingerprint density at radius 3 is 2.93 bits per heavy atom. The number of H-pyrrole nitrogens is 1. The molecule has 1 aromatic rings. The molecule has 0 bridgehead atoms. The van der Waals surface area contributed by atoms with Crippen LogP contribution in [0.5, 0.6) is 0 Å². The van der Waals surface area contributed by atoms with Gasteiger partial charge in [0, 0.05) is 11.8 Å². The molecule has 7 heteroatoms. The van der Waals surface area contributed by atoms with Crippen molar-refractivity contribution in [3.63, 3.8) is 0 Å². The second-order valence-corrected chi connectivity index (χ2v) is 5.88. The molecule has 0 fully saturated rings. The van der Waals surface area contributed by atoms with E-state index in [1.807, 2.05) is 6.92 Å². The Morgan fingerprint density at radius 2 is 2.36 bits per heavy atom. The first-order valence-corrected chi connectivity index (χ1v) is 6.95. The molecule has 1 aromatic heterocycles. The van der Waals surface area contributed by atoms with E-state index in [-0.39, 0.29) is 4.66 Å². The van der Waals surface area contributed by atoms with Gasteiger partial charge in [0.2, 0.25) is 10.0 Å². The van der Waals surface area contributed by atoms with E-state index in [4.69, 9.17) is 0 Å². The maximum atomic E-state index is 11.1. The number of hydrogen-bond donors (Lipinski definition) is 2. The van der Waals surface area contributed by atoms with Crippen LogP contribution in [0.2, 0.25) is 0 Å². The van der Waals surface area contributed by atoms with Gasteiger partial charge >= 0.3 is 0 Å². The van der Waals surface area contributed by atoms with Gasteiger partial charge in [0.25, 0.3) is 0 Å². The third-order valence-electron chi connectivity index (χ3n) is 1.55. The molecule has 1 rings (SSSR count). The zero-order valence-corrected chi connectivity index (χ0v) is 10.2. The summed E-state index contributed by atoms with van der Waals surface area (Å²) in [7, 11) is -3.29. The van der Waals surface area contributed by atoms with Gasteiger partial charge in [0.1, 0.15) is 4.66 Å². The van der Waals surface area contributed by atoms with Gasteiger partial charge in [-0.3, -0.25) is 9.82 Å². The molecule has 80 valence electrons. The molecular weight excluding hydrogens is 270 g/mol. The first kappa shape index (κ1) is 11.5. The summed E-state index contributed by atoms with van der Waals surface area (Å²) >= 11 is 2.88. The zero-order chi connectivity index (χ0) is 10.6. The first-order valence-electron chi connectivity index (χ1n) is 4.18. The summed E-state index contributed by atoms with van der Waals surface area (Å²) in [6.45, 7) is 2.04. The van der Waals surface area contributed by atoms with Gasteiger partial charge < -0.3 is 0 Å². The molecule has 0 saturated carbocycles. The minimum atomic E-state index is -3.29. The molecule has 0 unspecified atom stereocenters. The van der Waals surface area contributed by atoms with Gasteiger partial charge in [-0.25, -0.2) is 8.42 Å². The van der Waals surface area contributed by atoms with Gasteiger partial charge in [-0.15, -0.1) is 0 Å². The van der Waals surface area contributed by atoms with Crippen LogP contribution in [0.15, 0.2) is 6.07 Å². The molecular formula is C7H12BrN3O2S. The largest absolute Gasteiger partial charge is 0.280 e. The highest BCUT2D eigenvalue weighted by Crippen LogP contribution is 2.09. The van der Waals surface area contributed by atoms with Gasteiger partial charge in [-0.05, 0) is 6.42 Å². The molecule has 0 aliphatic heterocycles. The van der Waals surface area contributed by atoms with Crippen molar-refractivity contribution in [3.05, 3.63) is 11.8 Å². The number of aromatic amines is 1. The van der Waals surface area contributed by atoms with Crippen molar-refractivity contribution >= 4 is 31.8 Å². The molecule has 0 aromatic carbocycles. The molecule has 0 amide bonds. The quantitative estimate of drug-likeness (QED) is 0.803. The molecule has 0 atom stereocenters. The van der Waals surface area contributed by atoms with Crippen molar-refractivity contribution in [1.29, 1.82) is 0 Å². The molecule has 5 nitrogen and oxygen atoms in total. The fraction of sp³-hybridized carbons (Fsp3) is 0.571. The van der Waals surface area contributed by atoms with Crippen LogP contribution in [0.3, 0.4) is 0 Å². The summed E-state index contributed by atoms with van der Waals surface area (Å²) in [6.07, 6.45) is 1.86. The number of aromatic nitrogens is 2. The highest BCUT2D eigenvalue weighted by atomic mass is 79.9. The average molecular weight is 282 g/mol. The second kappa shape index (κ2) is 4.79. The Balaban J connectivity index is 2.69. The normalized spacial score (nSPS) is 11.6. The Hall–Kier alpha value is -0.560. The SMILES string of the molecule is CCCc1cc(NS(=O)(=O)CBr)n[nH]1. The predicted octanol–water partition coefficient (Wildman–Crippen LogP) is 1.46. The lowest BCUT2D eigenvalue weighted by molar-refractivity contribution is 0.606. The van der Waals surface area contributed by atoms with E-state index in [1.165, 1.54) is 0 Å². The molecule has 0 aliphatic carbocycles. The Bertz CT molecular complexity index is 387. The van der Waals surface area contributed by atoms with E-state index in [9.17, 15) is 8.42 Å². The van der Waals surface area contributed by atoms with E-state index in [0.717, 1.165) is 18.5 Å². The van der Waals surface area contributed by atoms with Crippen LogP contribution < -0.4 is 4.72 Å². The number of halogens is 1. The van der Waals surface area contributed by atoms with Crippen LogP contribution in [-0.2, 0) is 16.4 Å². The maximum Gasteiger partial charge on any atom is 0.243 e. The Morgan fingerprint density at radius 1 is 1.64 bits per heavy atom. The van der Waals surface area contributed by atoms with Gasteiger partial charge in [0.15, 0.2) is 5.82 Å². The van der Waals surface area contributed by atoms with Crippen LogP contribution in [0.25, 0.3) is 0 Å². The number of sulfonamides is 1. The van der Waals surface area contributed by atoms with Gasteiger partial charge in [-0.2, -0.15) is 5.10 Å². The van der Waals surface area contributed by atoms with Crippen LogP contribution in [0, 0.1) is 0 Å². The fourth-order valence-electron chi connectivity index (χ4n) is 0.998. The van der Waals surface area contributed by atoms with Crippen molar-refractivity contribution in [2.24, 2.45) is 0 Å². The lowest BCUT2D eigenvalue weighted by atomic mass is 10.2. The molecule has 0 saturated heterocycles. The number of anilines is 1. The average Bonchev–Trinajstić information content (AvgIpc) is 2.53. The van der Waals surface area contributed by atoms with E-state index < -0.39 is 10.0 Å². The fourth-order valence-corrected chi connectivity index (χ4v) is 1.82. The minimum Gasteiger partial charge on any atom is -0.280 e. The molecule has 1 heterocycles. The molecule has 2 N–H and O–H groups in total. The van der Waals surface area contributed by atoms with Crippen molar-refractivity contribution in [1.82, 2.24) is 10.2 Å². The third kappa shape index (κ3) is 3.30. The highest BCUT2D eigenvalue weighted by molar-refractivity contribution is 9.10. The topological polar surface area (TPSA) is 74.8 Å². The smallest absolute Gasteiger partial charge is 0.243 e. The van der Waals surface area contributed by atoms with E-state index in [2.05, 4.69) is 30.8 Å². The molecule has 0 radical (unpaired) electrons. The Labute approximate surface area is 91.5 Å². The lowest BCUT2D eigenvalue weighted by Crippen LogP contribution is -2.13. The summed E-state index contributed by atoms with van der Waals surface area (Å²) in [5, 5.41) is 6.59. The summed E-state index contributed by atoms with van der Waals surface area (Å²) < 4.78 is 24.4. The molecule has 14 heavy (non-hydrogen) atoms. The van der Waals surface area contributed by atoms with Gasteiger partial charge in [0.05, 0.1) is 0 Å². The zero-order valence-electron chi connectivity index (χ0n) is 7.75. The third-order valence-corrected chi connectivity index (χ3v) is 4.17. The van der Waals surface area contributed by atoms with Crippen LogP contribution in [0.4, 0.5) is 5.82 Å². The Kier molecular flexibility index (Phi) is 3.94. The highest BCUT2D eigenvalue weighted by Gasteiger charge is 2.09. The summed E-state index contributed by atoms with van der Waals surface area (Å²) in [6, 6.07) is 1.70. The molecule has 0 aliphatic rings. The standard InChI is InChI=1S/C7H12BrN3O2S/c1-2-3-6-4-7(10-9-6)11-14(12,13)5-8/h4H,2-3,5H2,1H3,(H2,9,10,11). The predicted molar refractivity (Wildman–Crippen MR) is 58.9 cm³/mol. The first-order chi connectivity index (χ1) is 6.57. The maximum absolute atomic E-state index is 11.1. The summed E-state index contributed by atoms with van der Waals surface area (Å²) in [4.78, 5) is 0. The van der Waals surface area contributed by atoms with Crippen molar-refractivity contribution in [2.45, 2.75) is 19.8 Å². The van der Waals surface area contributed by atoms with Gasteiger partial charge in [-0.1, -0.05) is 29.3 Å². The number of rotatable bonds is 5. The number of hydrogen-bond acceptors (Lipinski definition) is 3. The summed E-state index contributed by atoms with van der Waals surface area (Å²) in [5.74, 6) is 0.341. The summed E-state index contributed by atoms with van der Waals surface area (Å²) in [5.41, 5.74) is 0.930. The monoisotopic (exact) mass is 281 g/mol. The van der Waals surface area contributed by atoms with Crippen molar-refractivity contribution in [2.75, 3.05) is 9.38 Å². The van der Waals surface area contributed by atoms with Crippen LogP contribution in [0.1, 0.15) is 19.0 Å². The van der Waals surface area contributed by atoms with Crippen LogP contribution >= 0.6 is 15.9 Å². The van der Waals surface area contributed by atoms with Crippen LogP contribution in [-0.4, -0.2) is 23.3 Å². The number of aryl methyl sites for hydroxylation is 1. The minimum absolute atomic E-state index is 0.129. The number of nitrogens with one attached hydrogen (secondary N) is 2. The second-order valence-electron chi connectivity index (χ2n) is 2.85. The van der Waals surface area contributed by atoms with E-state index >= 15 is 0 Å². The van der Waals surface area contributed by atoms with Crippen molar-refractivity contribution in [3.8, 4) is 0 Å². The number of alkyl halides is 1. The van der Waals surface area contributed by atoms with E-state index in [1.54, 1.807) is 6.07 Å². The lowest BCUT2D eigenvalue weighted by Gasteiger charge is -1.99. The van der Waals surface area contributed by atoms with E-state index in [0.29, 0.717) is 5.82 Å². The number of nitrogens with zero attached hydrogens (tertiary/aromatic N) is 1. The van der Waals surface area contributed by atoms with Crippen molar-refractivity contribution < 1.29 is 8.42 Å². The molecule has 0 spiro atoms.